The first-order chi connectivity index (χ1) is 10.6. The van der Waals surface area contributed by atoms with E-state index in [4.69, 9.17) is 4.42 Å². The number of carbonyl (C=O) groups excluding carboxylic acids is 1. The maximum atomic E-state index is 12.7. The summed E-state index contributed by atoms with van der Waals surface area (Å²) in [4.78, 5) is 19.7. The third-order valence-corrected chi connectivity index (χ3v) is 3.28. The number of aryl methyl sites for hydroxylation is 1. The van der Waals surface area contributed by atoms with Crippen LogP contribution < -0.4 is 5.32 Å². The molecule has 0 aliphatic carbocycles. The minimum absolute atomic E-state index is 0.306. The fraction of sp³-hybridized carbons (Fsp3) is 0.188. The first-order valence-electron chi connectivity index (χ1n) is 6.88. The normalized spacial score (nSPS) is 10.8. The molecule has 0 unspecified atom stereocenters. The molecule has 0 fully saturated rings. The highest BCUT2D eigenvalue weighted by atomic mass is 19.1. The summed E-state index contributed by atoms with van der Waals surface area (Å²) in [6.07, 6.45) is 1.68. The zero-order valence-corrected chi connectivity index (χ0v) is 12.0. The van der Waals surface area contributed by atoms with Crippen molar-refractivity contribution in [1.29, 1.82) is 0 Å². The molecule has 5 nitrogen and oxygen atoms in total. The standard InChI is InChI=1S/C16H14FN3O2/c1-10-3-2-4-12-15(10)20-14(22-12)7-8-18-16(21)11-5-6-13(17)19-9-11/h2-6,9H,7-8H2,1H3,(H,18,21). The lowest BCUT2D eigenvalue weighted by Gasteiger charge is -2.02. The highest BCUT2D eigenvalue weighted by molar-refractivity contribution is 5.93. The van der Waals surface area contributed by atoms with Crippen molar-refractivity contribution in [3.63, 3.8) is 0 Å². The van der Waals surface area contributed by atoms with Gasteiger partial charge in [-0.15, -0.1) is 0 Å². The average molecular weight is 299 g/mol. The Kier molecular flexibility index (Phi) is 3.82. The largest absolute Gasteiger partial charge is 0.441 e. The summed E-state index contributed by atoms with van der Waals surface area (Å²) in [6, 6.07) is 8.29. The first-order valence-corrected chi connectivity index (χ1v) is 6.88. The zero-order chi connectivity index (χ0) is 15.5. The molecule has 0 aliphatic rings. The number of nitrogens with one attached hydrogen (secondary N) is 1. The second-order valence-corrected chi connectivity index (χ2v) is 4.90. The third-order valence-electron chi connectivity index (χ3n) is 3.28. The molecule has 0 radical (unpaired) electrons. The third kappa shape index (κ3) is 2.95. The van der Waals surface area contributed by atoms with E-state index in [2.05, 4.69) is 15.3 Å². The van der Waals surface area contributed by atoms with Gasteiger partial charge in [0, 0.05) is 19.2 Å². The van der Waals surface area contributed by atoms with Crippen molar-refractivity contribution in [3.8, 4) is 0 Å². The van der Waals surface area contributed by atoms with Gasteiger partial charge in [0.2, 0.25) is 5.95 Å². The van der Waals surface area contributed by atoms with E-state index < -0.39 is 5.95 Å². The summed E-state index contributed by atoms with van der Waals surface area (Å²) < 4.78 is 18.3. The minimum Gasteiger partial charge on any atom is -0.441 e. The Hall–Kier alpha value is -2.76. The van der Waals surface area contributed by atoms with Gasteiger partial charge < -0.3 is 9.73 Å². The number of benzene rings is 1. The van der Waals surface area contributed by atoms with Crippen molar-refractivity contribution >= 4 is 17.0 Å². The van der Waals surface area contributed by atoms with E-state index >= 15 is 0 Å². The Labute approximate surface area is 126 Å². The van der Waals surface area contributed by atoms with Crippen LogP contribution in [0.4, 0.5) is 4.39 Å². The Bertz CT molecular complexity index is 812. The van der Waals surface area contributed by atoms with E-state index in [0.29, 0.717) is 24.4 Å². The van der Waals surface area contributed by atoms with Crippen LogP contribution in [0.15, 0.2) is 40.9 Å². The molecule has 0 saturated carbocycles. The van der Waals surface area contributed by atoms with Crippen LogP contribution in [0.2, 0.25) is 0 Å². The van der Waals surface area contributed by atoms with E-state index in [0.717, 1.165) is 22.7 Å². The predicted molar refractivity (Wildman–Crippen MR) is 79.0 cm³/mol. The van der Waals surface area contributed by atoms with Crippen molar-refractivity contribution in [2.45, 2.75) is 13.3 Å². The molecule has 1 aromatic carbocycles. The second-order valence-electron chi connectivity index (χ2n) is 4.90. The van der Waals surface area contributed by atoms with Crippen LogP contribution in [0, 0.1) is 12.9 Å². The number of carbonyl (C=O) groups is 1. The SMILES string of the molecule is Cc1cccc2oc(CCNC(=O)c3ccc(F)nc3)nc12. The number of halogens is 1. The molecule has 0 saturated heterocycles. The van der Waals surface area contributed by atoms with Gasteiger partial charge in [0.25, 0.3) is 5.91 Å². The number of aromatic nitrogens is 2. The van der Waals surface area contributed by atoms with Gasteiger partial charge in [0.05, 0.1) is 5.56 Å². The van der Waals surface area contributed by atoms with Crippen LogP contribution in [-0.2, 0) is 6.42 Å². The lowest BCUT2D eigenvalue weighted by atomic mass is 10.2. The molecule has 3 aromatic rings. The quantitative estimate of drug-likeness (QED) is 0.752. The van der Waals surface area contributed by atoms with Gasteiger partial charge in [-0.25, -0.2) is 9.97 Å². The predicted octanol–water partition coefficient (Wildman–Crippen LogP) is 2.64. The van der Waals surface area contributed by atoms with Crippen molar-refractivity contribution in [3.05, 3.63) is 59.5 Å². The molecular formula is C16H14FN3O2. The Balaban J connectivity index is 1.61. The number of nitrogens with zero attached hydrogens (tertiary/aromatic N) is 2. The fourth-order valence-electron chi connectivity index (χ4n) is 2.13. The van der Waals surface area contributed by atoms with E-state index in [1.807, 2.05) is 25.1 Å². The van der Waals surface area contributed by atoms with Crippen molar-refractivity contribution in [2.75, 3.05) is 6.54 Å². The molecule has 112 valence electrons. The molecule has 0 aliphatic heterocycles. The molecule has 1 N–H and O–H groups in total. The molecule has 6 heteroatoms. The van der Waals surface area contributed by atoms with Crippen LogP contribution in [0.3, 0.4) is 0 Å². The minimum atomic E-state index is -0.613. The fourth-order valence-corrected chi connectivity index (χ4v) is 2.13. The van der Waals surface area contributed by atoms with Gasteiger partial charge in [-0.2, -0.15) is 4.39 Å². The second kappa shape index (κ2) is 5.93. The maximum absolute atomic E-state index is 12.7. The monoisotopic (exact) mass is 299 g/mol. The van der Waals surface area contributed by atoms with Gasteiger partial charge >= 0.3 is 0 Å². The van der Waals surface area contributed by atoms with Crippen LogP contribution in [-0.4, -0.2) is 22.4 Å². The summed E-state index contributed by atoms with van der Waals surface area (Å²) in [5.41, 5.74) is 2.94. The molecular weight excluding hydrogens is 285 g/mol. The number of fused-ring (bicyclic) bond motifs is 1. The Morgan fingerprint density at radius 1 is 1.32 bits per heavy atom. The van der Waals surface area contributed by atoms with Gasteiger partial charge in [-0.1, -0.05) is 12.1 Å². The van der Waals surface area contributed by atoms with Crippen LogP contribution >= 0.6 is 0 Å². The van der Waals surface area contributed by atoms with Gasteiger partial charge in [-0.3, -0.25) is 4.79 Å². The van der Waals surface area contributed by atoms with E-state index in [-0.39, 0.29) is 5.91 Å². The Morgan fingerprint density at radius 2 is 2.18 bits per heavy atom. The molecule has 2 aromatic heterocycles. The van der Waals surface area contributed by atoms with Crippen LogP contribution in [0.25, 0.3) is 11.1 Å². The highest BCUT2D eigenvalue weighted by Gasteiger charge is 2.09. The van der Waals surface area contributed by atoms with E-state index in [9.17, 15) is 9.18 Å². The average Bonchev–Trinajstić information content (AvgIpc) is 2.92. The summed E-state index contributed by atoms with van der Waals surface area (Å²) >= 11 is 0. The maximum Gasteiger partial charge on any atom is 0.252 e. The number of hydrogen-bond donors (Lipinski definition) is 1. The Morgan fingerprint density at radius 3 is 2.91 bits per heavy atom. The summed E-state index contributed by atoms with van der Waals surface area (Å²) in [5, 5.41) is 2.72. The highest BCUT2D eigenvalue weighted by Crippen LogP contribution is 2.18. The molecule has 22 heavy (non-hydrogen) atoms. The van der Waals surface area contributed by atoms with Crippen LogP contribution in [0.5, 0.6) is 0 Å². The molecule has 2 heterocycles. The lowest BCUT2D eigenvalue weighted by Crippen LogP contribution is -2.25. The van der Waals surface area contributed by atoms with E-state index in [1.54, 1.807) is 0 Å². The van der Waals surface area contributed by atoms with Crippen molar-refractivity contribution < 1.29 is 13.6 Å². The lowest BCUT2D eigenvalue weighted by molar-refractivity contribution is 0.0953. The number of oxazole rings is 1. The topological polar surface area (TPSA) is 68.0 Å². The summed E-state index contributed by atoms with van der Waals surface area (Å²) in [6.45, 7) is 2.35. The van der Waals surface area contributed by atoms with Gasteiger partial charge in [0.1, 0.15) is 5.52 Å². The number of amides is 1. The van der Waals surface area contributed by atoms with E-state index in [1.165, 1.54) is 12.3 Å². The molecule has 0 atom stereocenters. The van der Waals surface area contributed by atoms with Crippen molar-refractivity contribution in [2.24, 2.45) is 0 Å². The molecule has 1 amide bonds. The van der Waals surface area contributed by atoms with Gasteiger partial charge in [-0.05, 0) is 30.7 Å². The smallest absolute Gasteiger partial charge is 0.252 e. The first kappa shape index (κ1) is 14.2. The summed E-state index contributed by atoms with van der Waals surface area (Å²) in [5.74, 6) is -0.347. The van der Waals surface area contributed by atoms with Gasteiger partial charge in [0.15, 0.2) is 11.5 Å². The number of para-hydroxylation sites is 1. The molecule has 3 rings (SSSR count). The number of rotatable bonds is 4. The van der Waals surface area contributed by atoms with Crippen LogP contribution in [0.1, 0.15) is 21.8 Å². The number of pyridine rings is 1. The zero-order valence-electron chi connectivity index (χ0n) is 12.0. The summed E-state index contributed by atoms with van der Waals surface area (Å²) in [7, 11) is 0. The molecule has 0 bridgehead atoms. The van der Waals surface area contributed by atoms with Crippen molar-refractivity contribution in [1.82, 2.24) is 15.3 Å². The molecule has 0 spiro atoms. The number of hydrogen-bond acceptors (Lipinski definition) is 4.